The van der Waals surface area contributed by atoms with E-state index in [-0.39, 0.29) is 17.1 Å². The van der Waals surface area contributed by atoms with Crippen molar-refractivity contribution in [3.8, 4) is 6.07 Å². The number of nitriles is 1. The lowest BCUT2D eigenvalue weighted by molar-refractivity contribution is 0.0657. The molecule has 1 aliphatic heterocycles. The fraction of sp³-hybridized carbons (Fsp3) is 0.435. The summed E-state index contributed by atoms with van der Waals surface area (Å²) in [4.78, 5) is 21.3. The summed E-state index contributed by atoms with van der Waals surface area (Å²) in [5.41, 5.74) is 2.46. The third kappa shape index (κ3) is 3.26. The van der Waals surface area contributed by atoms with Crippen molar-refractivity contribution in [3.05, 3.63) is 59.3 Å². The van der Waals surface area contributed by atoms with Gasteiger partial charge in [0.25, 0.3) is 0 Å². The number of pyridine rings is 1. The van der Waals surface area contributed by atoms with Gasteiger partial charge in [0.05, 0.1) is 17.6 Å². The van der Waals surface area contributed by atoms with Gasteiger partial charge >= 0.3 is 6.03 Å². The van der Waals surface area contributed by atoms with Gasteiger partial charge in [-0.2, -0.15) is 5.26 Å². The fourth-order valence-electron chi connectivity index (χ4n) is 4.96. The molecule has 1 N–H and O–H groups in total. The number of nitrogens with zero attached hydrogens (tertiary/aromatic N) is 4. The van der Waals surface area contributed by atoms with Gasteiger partial charge in [0.1, 0.15) is 11.9 Å². The van der Waals surface area contributed by atoms with Crippen LogP contribution >= 0.6 is 0 Å². The first kappa shape index (κ1) is 19.4. The number of nitrogens with one attached hydrogen (secondary N) is 1. The van der Waals surface area contributed by atoms with Crippen LogP contribution in [0.1, 0.15) is 42.4 Å². The van der Waals surface area contributed by atoms with Gasteiger partial charge in [-0.25, -0.2) is 9.78 Å². The third-order valence-electron chi connectivity index (χ3n) is 6.71. The molecule has 1 saturated carbocycles. The molecule has 0 unspecified atom stereocenters. The Morgan fingerprint density at radius 3 is 2.45 bits per heavy atom. The maximum Gasteiger partial charge on any atom is 0.323 e. The first-order valence-electron chi connectivity index (χ1n) is 10.1. The fourth-order valence-corrected chi connectivity index (χ4v) is 4.96. The zero-order valence-electron chi connectivity index (χ0n) is 17.3. The standard InChI is InChI=1S/C23H27N5O/c1-17-13-18(14-24)15-25-20(17)28-16-22(26-21(28)29)9-11-23(12-10-22,27(2)3)19-7-5-4-6-8-19/h4-8,13,15H,9-12,16H2,1-3H3,(H,26,29). The number of anilines is 1. The van der Waals surface area contributed by atoms with Gasteiger partial charge in [0, 0.05) is 11.7 Å². The highest BCUT2D eigenvalue weighted by Gasteiger charge is 2.50. The summed E-state index contributed by atoms with van der Waals surface area (Å²) in [6, 6.07) is 14.5. The zero-order valence-corrected chi connectivity index (χ0v) is 17.3. The Balaban J connectivity index is 1.56. The molecule has 2 aliphatic rings. The molecule has 2 aromatic rings. The first-order valence-corrected chi connectivity index (χ1v) is 10.1. The van der Waals surface area contributed by atoms with Crippen molar-refractivity contribution in [1.29, 1.82) is 5.26 Å². The molecule has 1 aromatic heterocycles. The van der Waals surface area contributed by atoms with Crippen molar-refractivity contribution in [2.45, 2.75) is 43.7 Å². The smallest absolute Gasteiger partial charge is 0.323 e. The Morgan fingerprint density at radius 1 is 1.17 bits per heavy atom. The molecular weight excluding hydrogens is 362 g/mol. The van der Waals surface area contributed by atoms with E-state index in [0.717, 1.165) is 31.2 Å². The molecule has 1 spiro atoms. The summed E-state index contributed by atoms with van der Waals surface area (Å²) in [7, 11) is 4.29. The summed E-state index contributed by atoms with van der Waals surface area (Å²) in [5.74, 6) is 0.644. The average Bonchev–Trinajstić information content (AvgIpc) is 3.04. The molecule has 2 fully saturated rings. The van der Waals surface area contributed by atoms with E-state index in [2.05, 4.69) is 65.7 Å². The van der Waals surface area contributed by atoms with Crippen LogP contribution in [0.15, 0.2) is 42.6 Å². The lowest BCUT2D eigenvalue weighted by Crippen LogP contribution is -2.54. The number of carbonyl (C=O) groups is 1. The molecule has 29 heavy (non-hydrogen) atoms. The quantitative estimate of drug-likeness (QED) is 0.871. The number of rotatable bonds is 3. The summed E-state index contributed by atoms with van der Waals surface area (Å²) in [5, 5.41) is 12.3. The van der Waals surface area contributed by atoms with E-state index in [1.54, 1.807) is 11.0 Å². The second-order valence-electron chi connectivity index (χ2n) is 8.56. The summed E-state index contributed by atoms with van der Waals surface area (Å²) in [6.07, 6.45) is 5.33. The van der Waals surface area contributed by atoms with E-state index in [4.69, 9.17) is 5.26 Å². The molecule has 6 nitrogen and oxygen atoms in total. The van der Waals surface area contributed by atoms with E-state index in [0.29, 0.717) is 17.9 Å². The second kappa shape index (κ2) is 7.16. The molecule has 4 rings (SSSR count). The number of hydrogen-bond donors (Lipinski definition) is 1. The molecule has 0 bridgehead atoms. The maximum atomic E-state index is 12.8. The Bertz CT molecular complexity index is 955. The lowest BCUT2D eigenvalue weighted by Gasteiger charge is -2.48. The summed E-state index contributed by atoms with van der Waals surface area (Å²) in [6.45, 7) is 2.51. The van der Waals surface area contributed by atoms with Crippen LogP contribution in [0.5, 0.6) is 0 Å². The predicted molar refractivity (Wildman–Crippen MR) is 113 cm³/mol. The molecule has 1 aromatic carbocycles. The highest BCUT2D eigenvalue weighted by atomic mass is 16.2. The van der Waals surface area contributed by atoms with E-state index in [1.807, 2.05) is 6.92 Å². The van der Waals surface area contributed by atoms with Crippen molar-refractivity contribution in [3.63, 3.8) is 0 Å². The van der Waals surface area contributed by atoms with Crippen LogP contribution in [0.3, 0.4) is 0 Å². The van der Waals surface area contributed by atoms with Crippen LogP contribution in [0.25, 0.3) is 0 Å². The lowest BCUT2D eigenvalue weighted by atomic mass is 9.69. The average molecular weight is 390 g/mol. The number of aromatic nitrogens is 1. The van der Waals surface area contributed by atoms with Gasteiger partial charge in [-0.05, 0) is 63.9 Å². The van der Waals surface area contributed by atoms with E-state index in [1.165, 1.54) is 11.8 Å². The number of amides is 2. The molecule has 6 heteroatoms. The van der Waals surface area contributed by atoms with Crippen LogP contribution < -0.4 is 10.2 Å². The largest absolute Gasteiger partial charge is 0.330 e. The highest BCUT2D eigenvalue weighted by Crippen LogP contribution is 2.46. The Labute approximate surface area is 172 Å². The first-order chi connectivity index (χ1) is 13.9. The van der Waals surface area contributed by atoms with Crippen LogP contribution in [-0.2, 0) is 5.54 Å². The minimum atomic E-state index is -0.229. The van der Waals surface area contributed by atoms with Crippen LogP contribution in [0.4, 0.5) is 10.6 Å². The second-order valence-corrected chi connectivity index (χ2v) is 8.56. The van der Waals surface area contributed by atoms with E-state index in [9.17, 15) is 4.79 Å². The number of urea groups is 1. The molecular formula is C23H27N5O. The third-order valence-corrected chi connectivity index (χ3v) is 6.71. The van der Waals surface area contributed by atoms with Crippen LogP contribution in [0, 0.1) is 18.3 Å². The Morgan fingerprint density at radius 2 is 1.86 bits per heavy atom. The number of benzene rings is 1. The van der Waals surface area contributed by atoms with Crippen LogP contribution in [-0.4, -0.2) is 42.1 Å². The Kier molecular flexibility index (Phi) is 4.79. The van der Waals surface area contributed by atoms with Crippen LogP contribution in [0.2, 0.25) is 0 Å². The van der Waals surface area contributed by atoms with Crippen molar-refractivity contribution >= 4 is 11.8 Å². The molecule has 1 saturated heterocycles. The molecule has 0 atom stereocenters. The van der Waals surface area contributed by atoms with Gasteiger partial charge in [-0.1, -0.05) is 30.3 Å². The van der Waals surface area contributed by atoms with Gasteiger partial charge < -0.3 is 5.32 Å². The van der Waals surface area contributed by atoms with E-state index >= 15 is 0 Å². The van der Waals surface area contributed by atoms with Gasteiger partial charge in [0.15, 0.2) is 0 Å². The SMILES string of the molecule is Cc1cc(C#N)cnc1N1CC2(CCC(c3ccccc3)(N(C)C)CC2)NC1=O. The normalized spacial score (nSPS) is 26.6. The molecule has 2 amide bonds. The highest BCUT2D eigenvalue weighted by molar-refractivity contribution is 5.95. The Hall–Kier alpha value is -2.91. The van der Waals surface area contributed by atoms with Crippen molar-refractivity contribution < 1.29 is 4.79 Å². The summed E-state index contributed by atoms with van der Waals surface area (Å²) >= 11 is 0. The van der Waals surface area contributed by atoms with Gasteiger partial charge in [-0.15, -0.1) is 0 Å². The topological polar surface area (TPSA) is 72.3 Å². The van der Waals surface area contributed by atoms with Crippen molar-refractivity contribution in [2.75, 3.05) is 25.5 Å². The molecule has 1 aliphatic carbocycles. The maximum absolute atomic E-state index is 12.8. The molecule has 0 radical (unpaired) electrons. The zero-order chi connectivity index (χ0) is 20.6. The minimum Gasteiger partial charge on any atom is -0.330 e. The van der Waals surface area contributed by atoms with Gasteiger partial charge in [0.2, 0.25) is 0 Å². The van der Waals surface area contributed by atoms with E-state index < -0.39 is 0 Å². The van der Waals surface area contributed by atoms with Gasteiger partial charge in [-0.3, -0.25) is 9.80 Å². The molecule has 2 heterocycles. The minimum absolute atomic E-state index is 0.00668. The number of carbonyl (C=O) groups excluding carboxylic acids is 1. The number of hydrogen-bond acceptors (Lipinski definition) is 4. The van der Waals surface area contributed by atoms with Crippen molar-refractivity contribution in [1.82, 2.24) is 15.2 Å². The number of aryl methyl sites for hydroxylation is 1. The monoisotopic (exact) mass is 389 g/mol. The molecule has 150 valence electrons. The predicted octanol–water partition coefficient (Wildman–Crippen LogP) is 3.56. The van der Waals surface area contributed by atoms with Crippen molar-refractivity contribution in [2.24, 2.45) is 0 Å². The summed E-state index contributed by atoms with van der Waals surface area (Å²) < 4.78 is 0.